The van der Waals surface area contributed by atoms with Gasteiger partial charge in [-0.2, -0.15) is 0 Å². The number of nitrogens with one attached hydrogen (secondary N) is 1. The third-order valence-corrected chi connectivity index (χ3v) is 4.41. The minimum atomic E-state index is -0.591. The zero-order valence-corrected chi connectivity index (χ0v) is 14.7. The number of ketones is 1. The maximum atomic E-state index is 12.7. The van der Waals surface area contributed by atoms with E-state index in [1.807, 2.05) is 30.3 Å². The number of benzene rings is 2. The third kappa shape index (κ3) is 3.59. The molecule has 6 heteroatoms. The molecule has 0 saturated carbocycles. The van der Waals surface area contributed by atoms with Crippen molar-refractivity contribution >= 4 is 17.7 Å². The Labute approximate surface area is 151 Å². The van der Waals surface area contributed by atoms with Crippen molar-refractivity contribution in [2.75, 3.05) is 7.11 Å². The zero-order valence-electron chi connectivity index (χ0n) is 14.7. The molecule has 3 rings (SSSR count). The summed E-state index contributed by atoms with van der Waals surface area (Å²) in [4.78, 5) is 37.8. The van der Waals surface area contributed by atoms with Crippen LogP contribution >= 0.6 is 0 Å². The van der Waals surface area contributed by atoms with Crippen molar-refractivity contribution in [1.82, 2.24) is 10.2 Å². The van der Waals surface area contributed by atoms with Crippen LogP contribution in [0.2, 0.25) is 0 Å². The van der Waals surface area contributed by atoms with Crippen molar-refractivity contribution in [3.63, 3.8) is 0 Å². The van der Waals surface area contributed by atoms with Gasteiger partial charge in [-0.1, -0.05) is 30.3 Å². The fraction of sp³-hybridized carbons (Fsp3) is 0.250. The smallest absolute Gasteiger partial charge is 0.325 e. The predicted octanol–water partition coefficient (Wildman–Crippen LogP) is 2.56. The lowest BCUT2D eigenvalue weighted by atomic mass is 10.0. The van der Waals surface area contributed by atoms with E-state index in [1.54, 1.807) is 18.2 Å². The number of carbonyl (C=O) groups is 3. The molecule has 1 atom stereocenters. The van der Waals surface area contributed by atoms with Crippen molar-refractivity contribution in [2.24, 2.45) is 0 Å². The van der Waals surface area contributed by atoms with Crippen LogP contribution in [0.4, 0.5) is 4.79 Å². The second-order valence-electron chi connectivity index (χ2n) is 6.20. The number of imide groups is 1. The molecule has 0 aromatic heterocycles. The molecule has 1 fully saturated rings. The second kappa shape index (κ2) is 7.39. The van der Waals surface area contributed by atoms with E-state index in [2.05, 4.69) is 5.32 Å². The number of ether oxygens (including phenoxy) is 1. The summed E-state index contributed by atoms with van der Waals surface area (Å²) in [6.07, 6.45) is 0.437. The number of hydrogen-bond donors (Lipinski definition) is 1. The molecule has 0 aliphatic carbocycles. The highest BCUT2D eigenvalue weighted by atomic mass is 16.5. The van der Waals surface area contributed by atoms with Crippen LogP contribution in [0, 0.1) is 0 Å². The summed E-state index contributed by atoms with van der Waals surface area (Å²) >= 11 is 0. The molecule has 134 valence electrons. The molecule has 6 nitrogen and oxygen atoms in total. The molecule has 0 spiro atoms. The molecule has 1 unspecified atom stereocenters. The first-order valence-corrected chi connectivity index (χ1v) is 8.33. The molecule has 1 aliphatic rings. The van der Waals surface area contributed by atoms with E-state index < -0.39 is 12.1 Å². The highest BCUT2D eigenvalue weighted by Gasteiger charge is 2.38. The summed E-state index contributed by atoms with van der Waals surface area (Å²) in [5, 5.41) is 2.73. The Balaban J connectivity index is 1.80. The second-order valence-corrected chi connectivity index (χ2v) is 6.20. The van der Waals surface area contributed by atoms with E-state index in [4.69, 9.17) is 4.74 Å². The quantitative estimate of drug-likeness (QED) is 0.640. The van der Waals surface area contributed by atoms with Crippen LogP contribution in [-0.4, -0.2) is 35.8 Å². The van der Waals surface area contributed by atoms with E-state index in [-0.39, 0.29) is 18.2 Å². The zero-order chi connectivity index (χ0) is 18.7. The van der Waals surface area contributed by atoms with Gasteiger partial charge in [0.15, 0.2) is 5.78 Å². The van der Waals surface area contributed by atoms with Crippen molar-refractivity contribution in [2.45, 2.75) is 25.9 Å². The molecule has 1 aliphatic heterocycles. The maximum absolute atomic E-state index is 12.7. The van der Waals surface area contributed by atoms with Gasteiger partial charge in [-0.05, 0) is 30.7 Å². The fourth-order valence-corrected chi connectivity index (χ4v) is 3.01. The number of rotatable bonds is 6. The minimum absolute atomic E-state index is 0.0558. The number of methoxy groups -OCH3 is 1. The van der Waals surface area contributed by atoms with Crippen LogP contribution in [-0.2, 0) is 17.8 Å². The van der Waals surface area contributed by atoms with Crippen LogP contribution < -0.4 is 10.1 Å². The number of Topliss-reactive ketones (excluding diaryl/α,β-unsaturated/α-hetero) is 1. The highest BCUT2D eigenvalue weighted by Crippen LogP contribution is 2.24. The van der Waals surface area contributed by atoms with Crippen LogP contribution in [0.1, 0.15) is 28.4 Å². The molecular weight excluding hydrogens is 332 g/mol. The van der Waals surface area contributed by atoms with Crippen LogP contribution in [0.15, 0.2) is 48.5 Å². The monoisotopic (exact) mass is 352 g/mol. The summed E-state index contributed by atoms with van der Waals surface area (Å²) in [7, 11) is 1.51. The van der Waals surface area contributed by atoms with E-state index >= 15 is 0 Å². The van der Waals surface area contributed by atoms with Gasteiger partial charge in [0, 0.05) is 17.5 Å². The summed E-state index contributed by atoms with van der Waals surface area (Å²) < 4.78 is 5.30. The minimum Gasteiger partial charge on any atom is -0.496 e. The lowest BCUT2D eigenvalue weighted by Gasteiger charge is -2.16. The topological polar surface area (TPSA) is 75.7 Å². The Morgan fingerprint density at radius 1 is 1.15 bits per heavy atom. The molecule has 2 aromatic rings. The maximum Gasteiger partial charge on any atom is 0.325 e. The first kappa shape index (κ1) is 17.7. The Bertz CT molecular complexity index is 848. The molecular formula is C20H20N2O4. The fourth-order valence-electron chi connectivity index (χ4n) is 3.01. The van der Waals surface area contributed by atoms with Crippen molar-refractivity contribution in [1.29, 1.82) is 0 Å². The summed E-state index contributed by atoms with van der Waals surface area (Å²) in [6.45, 7) is 1.52. The van der Waals surface area contributed by atoms with Gasteiger partial charge in [-0.25, -0.2) is 4.79 Å². The molecule has 1 saturated heterocycles. The van der Waals surface area contributed by atoms with Gasteiger partial charge in [0.05, 0.1) is 13.7 Å². The normalized spacial score (nSPS) is 16.5. The Hall–Kier alpha value is -3.15. The Morgan fingerprint density at radius 3 is 2.54 bits per heavy atom. The van der Waals surface area contributed by atoms with Gasteiger partial charge in [0.1, 0.15) is 11.8 Å². The number of hydrogen-bond acceptors (Lipinski definition) is 4. The molecule has 0 radical (unpaired) electrons. The Morgan fingerprint density at radius 2 is 1.88 bits per heavy atom. The highest BCUT2D eigenvalue weighted by molar-refractivity contribution is 6.04. The van der Waals surface area contributed by atoms with Gasteiger partial charge >= 0.3 is 6.03 Å². The molecule has 0 bridgehead atoms. The van der Waals surface area contributed by atoms with E-state index in [0.29, 0.717) is 23.3 Å². The lowest BCUT2D eigenvalue weighted by molar-refractivity contribution is -0.127. The van der Waals surface area contributed by atoms with Crippen LogP contribution in [0.3, 0.4) is 0 Å². The molecule has 3 amide bonds. The van der Waals surface area contributed by atoms with E-state index in [9.17, 15) is 14.4 Å². The van der Waals surface area contributed by atoms with Crippen molar-refractivity contribution < 1.29 is 19.1 Å². The number of amides is 3. The molecule has 2 aromatic carbocycles. The average Bonchev–Trinajstić information content (AvgIpc) is 2.90. The summed E-state index contributed by atoms with van der Waals surface area (Å²) in [5.74, 6) is 0.157. The van der Waals surface area contributed by atoms with Gasteiger partial charge in [-0.3, -0.25) is 14.5 Å². The number of urea groups is 1. The number of carbonyl (C=O) groups excluding carboxylic acids is 3. The third-order valence-electron chi connectivity index (χ3n) is 4.41. The van der Waals surface area contributed by atoms with Crippen molar-refractivity contribution in [3.05, 3.63) is 65.2 Å². The SMILES string of the molecule is COc1ccc(C(C)=O)cc1CN1C(=O)NC(Cc2ccccc2)C1=O. The van der Waals surface area contributed by atoms with Gasteiger partial charge < -0.3 is 10.1 Å². The summed E-state index contributed by atoms with van der Waals surface area (Å²) in [6, 6.07) is 13.5. The largest absolute Gasteiger partial charge is 0.496 e. The number of nitrogens with zero attached hydrogens (tertiary/aromatic N) is 1. The molecule has 1 N–H and O–H groups in total. The average molecular weight is 352 g/mol. The van der Waals surface area contributed by atoms with E-state index in [1.165, 1.54) is 14.0 Å². The summed E-state index contributed by atoms with van der Waals surface area (Å²) in [5.41, 5.74) is 2.10. The van der Waals surface area contributed by atoms with Gasteiger partial charge in [-0.15, -0.1) is 0 Å². The lowest BCUT2D eigenvalue weighted by Crippen LogP contribution is -2.32. The standard InChI is InChI=1S/C20H20N2O4/c1-13(23)15-8-9-18(26-2)16(11-15)12-22-19(24)17(21-20(22)25)10-14-6-4-3-5-7-14/h3-9,11,17H,10,12H2,1-2H3,(H,21,25). The van der Waals surface area contributed by atoms with Crippen LogP contribution in [0.5, 0.6) is 5.75 Å². The first-order valence-electron chi connectivity index (χ1n) is 8.33. The van der Waals surface area contributed by atoms with Gasteiger partial charge in [0.2, 0.25) is 0 Å². The molecule has 26 heavy (non-hydrogen) atoms. The Kier molecular flexibility index (Phi) is 5.02. The van der Waals surface area contributed by atoms with E-state index in [0.717, 1.165) is 10.5 Å². The van der Waals surface area contributed by atoms with Crippen LogP contribution in [0.25, 0.3) is 0 Å². The molecule has 1 heterocycles. The predicted molar refractivity (Wildman–Crippen MR) is 96.0 cm³/mol. The van der Waals surface area contributed by atoms with Crippen molar-refractivity contribution in [3.8, 4) is 5.75 Å². The first-order chi connectivity index (χ1) is 12.5. The van der Waals surface area contributed by atoms with Gasteiger partial charge in [0.25, 0.3) is 5.91 Å².